The molecule has 0 unspecified atom stereocenters. The van der Waals surface area contributed by atoms with Crippen molar-refractivity contribution < 1.29 is 9.53 Å². The molecule has 0 aliphatic carbocycles. The SMILES string of the molecule is COc1ccc(-c2cc(C(=O)NC[C@H]3CCCN4CCCC[C@H]34)[nH]n2)cc1. The van der Waals surface area contributed by atoms with Crippen molar-refractivity contribution in [2.75, 3.05) is 26.7 Å². The average molecular weight is 368 g/mol. The zero-order chi connectivity index (χ0) is 18.6. The summed E-state index contributed by atoms with van der Waals surface area (Å²) in [5, 5.41) is 10.3. The van der Waals surface area contributed by atoms with Gasteiger partial charge >= 0.3 is 0 Å². The average Bonchev–Trinajstić information content (AvgIpc) is 3.22. The van der Waals surface area contributed by atoms with Gasteiger partial charge in [-0.25, -0.2) is 0 Å². The van der Waals surface area contributed by atoms with Crippen LogP contribution in [0.1, 0.15) is 42.6 Å². The van der Waals surface area contributed by atoms with E-state index in [0.29, 0.717) is 17.7 Å². The number of rotatable bonds is 5. The van der Waals surface area contributed by atoms with Gasteiger partial charge in [-0.15, -0.1) is 0 Å². The molecule has 0 radical (unpaired) electrons. The van der Waals surface area contributed by atoms with Crippen LogP contribution in [0.3, 0.4) is 0 Å². The maximum absolute atomic E-state index is 12.6. The Hall–Kier alpha value is -2.34. The first-order valence-corrected chi connectivity index (χ1v) is 9.96. The summed E-state index contributed by atoms with van der Waals surface area (Å²) in [6, 6.07) is 10.1. The van der Waals surface area contributed by atoms with Crippen molar-refractivity contribution in [3.05, 3.63) is 36.0 Å². The van der Waals surface area contributed by atoms with Crippen molar-refractivity contribution in [3.63, 3.8) is 0 Å². The molecular weight excluding hydrogens is 340 g/mol. The minimum atomic E-state index is -0.0739. The Bertz CT molecular complexity index is 769. The van der Waals surface area contributed by atoms with Crippen LogP contribution in [-0.2, 0) is 0 Å². The number of carbonyl (C=O) groups excluding carboxylic acids is 1. The molecule has 0 spiro atoms. The number of nitrogens with one attached hydrogen (secondary N) is 2. The van der Waals surface area contributed by atoms with E-state index < -0.39 is 0 Å². The van der Waals surface area contributed by atoms with Gasteiger partial charge in [0.05, 0.1) is 12.8 Å². The van der Waals surface area contributed by atoms with Gasteiger partial charge in [-0.3, -0.25) is 9.89 Å². The molecule has 1 amide bonds. The molecule has 2 fully saturated rings. The van der Waals surface area contributed by atoms with Gasteiger partial charge < -0.3 is 15.0 Å². The monoisotopic (exact) mass is 368 g/mol. The lowest BCUT2D eigenvalue weighted by atomic mass is 9.83. The number of amides is 1. The number of aromatic nitrogens is 2. The van der Waals surface area contributed by atoms with E-state index >= 15 is 0 Å². The zero-order valence-electron chi connectivity index (χ0n) is 15.9. The first kappa shape index (κ1) is 18.0. The van der Waals surface area contributed by atoms with E-state index in [2.05, 4.69) is 20.4 Å². The highest BCUT2D eigenvalue weighted by Gasteiger charge is 2.33. The van der Waals surface area contributed by atoms with Crippen molar-refractivity contribution in [1.29, 1.82) is 0 Å². The van der Waals surface area contributed by atoms with Crippen LogP contribution in [0.2, 0.25) is 0 Å². The summed E-state index contributed by atoms with van der Waals surface area (Å²) in [5.41, 5.74) is 2.23. The molecule has 3 heterocycles. The minimum Gasteiger partial charge on any atom is -0.497 e. The van der Waals surface area contributed by atoms with E-state index in [0.717, 1.165) is 23.6 Å². The lowest BCUT2D eigenvalue weighted by molar-refractivity contribution is 0.0575. The first-order valence-electron chi connectivity index (χ1n) is 9.96. The fraction of sp³-hybridized carbons (Fsp3) is 0.524. The molecule has 1 aromatic carbocycles. The number of hydrogen-bond donors (Lipinski definition) is 2. The minimum absolute atomic E-state index is 0.0739. The third kappa shape index (κ3) is 4.00. The number of hydrogen-bond acceptors (Lipinski definition) is 4. The number of piperidine rings is 2. The predicted molar refractivity (Wildman–Crippen MR) is 105 cm³/mol. The van der Waals surface area contributed by atoms with E-state index in [9.17, 15) is 4.79 Å². The van der Waals surface area contributed by atoms with Gasteiger partial charge in [-0.2, -0.15) is 5.10 Å². The number of carbonyl (C=O) groups is 1. The number of H-pyrrole nitrogens is 1. The van der Waals surface area contributed by atoms with E-state index in [-0.39, 0.29) is 5.91 Å². The molecule has 2 N–H and O–H groups in total. The van der Waals surface area contributed by atoms with Crippen molar-refractivity contribution >= 4 is 5.91 Å². The van der Waals surface area contributed by atoms with Gasteiger partial charge in [0.1, 0.15) is 11.4 Å². The molecule has 0 saturated carbocycles. The first-order chi connectivity index (χ1) is 13.2. The van der Waals surface area contributed by atoms with Gasteiger partial charge in [-0.05, 0) is 75.0 Å². The second kappa shape index (κ2) is 8.13. The van der Waals surface area contributed by atoms with Crippen molar-refractivity contribution in [2.24, 2.45) is 5.92 Å². The smallest absolute Gasteiger partial charge is 0.269 e. The largest absolute Gasteiger partial charge is 0.497 e. The fourth-order valence-corrected chi connectivity index (χ4v) is 4.48. The van der Waals surface area contributed by atoms with Gasteiger partial charge in [-0.1, -0.05) is 6.42 Å². The lowest BCUT2D eigenvalue weighted by Crippen LogP contribution is -2.51. The third-order valence-electron chi connectivity index (χ3n) is 5.96. The second-order valence-corrected chi connectivity index (χ2v) is 7.61. The van der Waals surface area contributed by atoms with Crippen LogP contribution < -0.4 is 10.1 Å². The predicted octanol–water partition coefficient (Wildman–Crippen LogP) is 3.08. The normalized spacial score (nSPS) is 22.9. The Morgan fingerprint density at radius 3 is 2.85 bits per heavy atom. The summed E-state index contributed by atoms with van der Waals surface area (Å²) in [5.74, 6) is 1.29. The Balaban J connectivity index is 1.36. The number of benzene rings is 1. The lowest BCUT2D eigenvalue weighted by Gasteiger charge is -2.44. The van der Waals surface area contributed by atoms with Crippen LogP contribution in [0.25, 0.3) is 11.3 Å². The molecule has 2 aliphatic rings. The van der Waals surface area contributed by atoms with E-state index in [1.54, 1.807) is 7.11 Å². The molecule has 144 valence electrons. The topological polar surface area (TPSA) is 70.2 Å². The summed E-state index contributed by atoms with van der Waals surface area (Å²) >= 11 is 0. The Labute approximate surface area is 160 Å². The standard InChI is InChI=1S/C21H28N4O2/c1-27-17-9-7-15(8-10-17)18-13-19(24-23-18)21(26)22-14-16-5-4-12-25-11-3-2-6-20(16)25/h7-10,13,16,20H,2-6,11-12,14H2,1H3,(H,22,26)(H,23,24)/t16-,20-/m1/s1. The number of aromatic amines is 1. The zero-order valence-corrected chi connectivity index (χ0v) is 15.9. The highest BCUT2D eigenvalue weighted by Crippen LogP contribution is 2.30. The Morgan fingerprint density at radius 1 is 1.22 bits per heavy atom. The van der Waals surface area contributed by atoms with Crippen molar-refractivity contribution in [3.8, 4) is 17.0 Å². The second-order valence-electron chi connectivity index (χ2n) is 7.61. The maximum atomic E-state index is 12.6. The van der Waals surface area contributed by atoms with E-state index in [1.807, 2.05) is 30.3 Å². The van der Waals surface area contributed by atoms with Gasteiger partial charge in [0.15, 0.2) is 0 Å². The molecule has 2 aliphatic heterocycles. The summed E-state index contributed by atoms with van der Waals surface area (Å²) in [4.78, 5) is 15.2. The fourth-order valence-electron chi connectivity index (χ4n) is 4.48. The summed E-state index contributed by atoms with van der Waals surface area (Å²) in [6.45, 7) is 3.19. The van der Waals surface area contributed by atoms with E-state index in [1.165, 1.54) is 45.2 Å². The third-order valence-corrected chi connectivity index (χ3v) is 5.96. The Kier molecular flexibility index (Phi) is 5.43. The molecular formula is C21H28N4O2. The van der Waals surface area contributed by atoms with E-state index in [4.69, 9.17) is 4.74 Å². The molecule has 2 aromatic rings. The molecule has 6 heteroatoms. The highest BCUT2D eigenvalue weighted by molar-refractivity contribution is 5.93. The molecule has 1 aromatic heterocycles. The molecule has 27 heavy (non-hydrogen) atoms. The molecule has 2 saturated heterocycles. The number of nitrogens with zero attached hydrogens (tertiary/aromatic N) is 2. The maximum Gasteiger partial charge on any atom is 0.269 e. The van der Waals surface area contributed by atoms with Crippen LogP contribution >= 0.6 is 0 Å². The van der Waals surface area contributed by atoms with Gasteiger partial charge in [0.2, 0.25) is 0 Å². The highest BCUT2D eigenvalue weighted by atomic mass is 16.5. The number of fused-ring (bicyclic) bond motifs is 1. The van der Waals surface area contributed by atoms with Crippen LogP contribution in [0.15, 0.2) is 30.3 Å². The van der Waals surface area contributed by atoms with Gasteiger partial charge in [0.25, 0.3) is 5.91 Å². The molecule has 2 atom stereocenters. The van der Waals surface area contributed by atoms with Crippen LogP contribution in [0.5, 0.6) is 5.75 Å². The molecule has 4 rings (SSSR count). The van der Waals surface area contributed by atoms with Crippen molar-refractivity contribution in [1.82, 2.24) is 20.4 Å². The van der Waals surface area contributed by atoms with Crippen molar-refractivity contribution in [2.45, 2.75) is 38.1 Å². The molecule has 0 bridgehead atoms. The van der Waals surface area contributed by atoms with Crippen LogP contribution in [0.4, 0.5) is 0 Å². The Morgan fingerprint density at radius 2 is 2.04 bits per heavy atom. The molecule has 6 nitrogen and oxygen atoms in total. The summed E-state index contributed by atoms with van der Waals surface area (Å²) in [6.07, 6.45) is 6.35. The van der Waals surface area contributed by atoms with Gasteiger partial charge in [0, 0.05) is 18.2 Å². The quantitative estimate of drug-likeness (QED) is 0.851. The summed E-state index contributed by atoms with van der Waals surface area (Å²) in [7, 11) is 1.64. The van der Waals surface area contributed by atoms with Crippen LogP contribution in [0, 0.1) is 5.92 Å². The summed E-state index contributed by atoms with van der Waals surface area (Å²) < 4.78 is 5.18. The number of ether oxygens (including phenoxy) is 1. The number of methoxy groups -OCH3 is 1. The van der Waals surface area contributed by atoms with Crippen LogP contribution in [-0.4, -0.2) is 53.8 Å².